The number of nitrogens with zero attached hydrogens (tertiary/aromatic N) is 2. The molecule has 5 aromatic rings. The molecule has 0 amide bonds. The lowest BCUT2D eigenvalue weighted by Crippen LogP contribution is -2.05. The average molecular weight is 475 g/mol. The summed E-state index contributed by atoms with van der Waals surface area (Å²) >= 11 is 1.66. The molecule has 0 saturated carbocycles. The Morgan fingerprint density at radius 2 is 1.34 bits per heavy atom. The minimum Gasteiger partial charge on any atom is -0.245 e. The van der Waals surface area contributed by atoms with Crippen molar-refractivity contribution in [2.24, 2.45) is 4.99 Å². The lowest BCUT2D eigenvalue weighted by atomic mass is 9.92. The molecule has 0 fully saturated rings. The van der Waals surface area contributed by atoms with Gasteiger partial charge in [0.2, 0.25) is 0 Å². The summed E-state index contributed by atoms with van der Waals surface area (Å²) in [5.74, 6) is 0.763. The highest BCUT2D eigenvalue weighted by atomic mass is 32.1. The van der Waals surface area contributed by atoms with Gasteiger partial charge in [-0.1, -0.05) is 119 Å². The van der Waals surface area contributed by atoms with E-state index >= 15 is 0 Å². The fourth-order valence-electron chi connectivity index (χ4n) is 4.54. The van der Waals surface area contributed by atoms with E-state index in [1.165, 1.54) is 21.9 Å². The topological polar surface area (TPSA) is 25.2 Å². The van der Waals surface area contributed by atoms with Gasteiger partial charge in [-0.2, -0.15) is 0 Å². The Hall–Kier alpha value is -3.56. The van der Waals surface area contributed by atoms with E-state index in [9.17, 15) is 0 Å². The van der Waals surface area contributed by atoms with E-state index in [2.05, 4.69) is 118 Å². The van der Waals surface area contributed by atoms with Crippen LogP contribution in [0.15, 0.2) is 101 Å². The first-order chi connectivity index (χ1) is 17.0. The van der Waals surface area contributed by atoms with Gasteiger partial charge in [-0.3, -0.25) is 0 Å². The van der Waals surface area contributed by atoms with Gasteiger partial charge in [0, 0.05) is 16.5 Å². The van der Waals surface area contributed by atoms with Crippen LogP contribution in [0.3, 0.4) is 0 Å². The van der Waals surface area contributed by atoms with Crippen molar-refractivity contribution in [3.05, 3.63) is 118 Å². The molecule has 0 aliphatic carbocycles. The Labute approximate surface area is 212 Å². The summed E-state index contributed by atoms with van der Waals surface area (Å²) in [6.07, 6.45) is 0. The zero-order valence-electron chi connectivity index (χ0n) is 20.7. The van der Waals surface area contributed by atoms with E-state index in [0.717, 1.165) is 33.2 Å². The molecule has 174 valence electrons. The maximum absolute atomic E-state index is 5.38. The first-order valence-corrected chi connectivity index (χ1v) is 13.1. The van der Waals surface area contributed by atoms with Gasteiger partial charge in [0.15, 0.2) is 0 Å². The Bertz CT molecular complexity index is 1460. The van der Waals surface area contributed by atoms with Crippen LogP contribution >= 0.6 is 11.3 Å². The first kappa shape index (κ1) is 23.2. The van der Waals surface area contributed by atoms with Crippen LogP contribution in [0.5, 0.6) is 0 Å². The van der Waals surface area contributed by atoms with Gasteiger partial charge in [-0.05, 0) is 33.7 Å². The van der Waals surface area contributed by atoms with Crippen LogP contribution < -0.4 is 0 Å². The number of aromatic nitrogens is 1. The summed E-state index contributed by atoms with van der Waals surface area (Å²) in [5.41, 5.74) is 7.79. The van der Waals surface area contributed by atoms with Crippen LogP contribution in [0.2, 0.25) is 0 Å². The molecule has 0 aliphatic heterocycles. The van der Waals surface area contributed by atoms with Gasteiger partial charge in [0.1, 0.15) is 10.7 Å². The molecule has 0 radical (unpaired) electrons. The summed E-state index contributed by atoms with van der Waals surface area (Å²) in [5, 5.41) is 5.54. The number of benzene rings is 4. The molecular weight excluding hydrogens is 444 g/mol. The fourth-order valence-corrected chi connectivity index (χ4v) is 5.37. The molecule has 0 bridgehead atoms. The van der Waals surface area contributed by atoms with Crippen molar-refractivity contribution in [3.63, 3.8) is 0 Å². The van der Waals surface area contributed by atoms with E-state index < -0.39 is 0 Å². The van der Waals surface area contributed by atoms with Gasteiger partial charge in [0.05, 0.1) is 11.4 Å². The molecule has 0 spiro atoms. The number of thiazole rings is 1. The highest BCUT2D eigenvalue weighted by Gasteiger charge is 2.18. The lowest BCUT2D eigenvalue weighted by molar-refractivity contribution is 0.834. The Kier molecular flexibility index (Phi) is 6.61. The highest BCUT2D eigenvalue weighted by Crippen LogP contribution is 2.37. The molecule has 4 aromatic carbocycles. The van der Waals surface area contributed by atoms with Crippen molar-refractivity contribution in [1.29, 1.82) is 0 Å². The number of hydrogen-bond acceptors (Lipinski definition) is 3. The minimum absolute atomic E-state index is 0.381. The standard InChI is InChI=1S/C32H30N2S/c1-21(2)25-17-11-18-26(22(3)4)31(25)34-30(24-13-6-5-7-14-24)32-33-29(20-35-32)28-19-10-15-23-12-8-9-16-27(23)28/h5-22H,1-4H3/b34-30+. The molecule has 1 aromatic heterocycles. The van der Waals surface area contributed by atoms with Gasteiger partial charge in [0.25, 0.3) is 0 Å². The predicted molar refractivity (Wildman–Crippen MR) is 151 cm³/mol. The summed E-state index contributed by atoms with van der Waals surface area (Å²) in [7, 11) is 0. The van der Waals surface area contributed by atoms with Crippen LogP contribution in [0.1, 0.15) is 61.2 Å². The number of hydrogen-bond donors (Lipinski definition) is 0. The second kappa shape index (κ2) is 9.97. The van der Waals surface area contributed by atoms with Gasteiger partial charge in [-0.25, -0.2) is 9.98 Å². The average Bonchev–Trinajstić information content (AvgIpc) is 3.37. The minimum atomic E-state index is 0.381. The molecule has 1 heterocycles. The molecule has 5 rings (SSSR count). The van der Waals surface area contributed by atoms with Gasteiger partial charge < -0.3 is 0 Å². The Morgan fingerprint density at radius 3 is 2.06 bits per heavy atom. The fraction of sp³-hybridized carbons (Fsp3) is 0.188. The van der Waals surface area contributed by atoms with E-state index in [0.29, 0.717) is 11.8 Å². The molecule has 0 atom stereocenters. The quantitative estimate of drug-likeness (QED) is 0.225. The lowest BCUT2D eigenvalue weighted by Gasteiger charge is -2.17. The van der Waals surface area contributed by atoms with Crippen molar-refractivity contribution in [1.82, 2.24) is 4.98 Å². The Morgan fingerprint density at radius 1 is 0.714 bits per heavy atom. The van der Waals surface area contributed by atoms with E-state index in [1.54, 1.807) is 11.3 Å². The molecule has 35 heavy (non-hydrogen) atoms. The summed E-state index contributed by atoms with van der Waals surface area (Å²) in [4.78, 5) is 10.5. The molecule has 2 nitrogen and oxygen atoms in total. The van der Waals surface area contributed by atoms with Crippen molar-refractivity contribution in [2.75, 3.05) is 0 Å². The van der Waals surface area contributed by atoms with Crippen molar-refractivity contribution < 1.29 is 0 Å². The number of para-hydroxylation sites is 1. The largest absolute Gasteiger partial charge is 0.245 e. The predicted octanol–water partition coefficient (Wildman–Crippen LogP) is 9.38. The van der Waals surface area contributed by atoms with Crippen molar-refractivity contribution in [2.45, 2.75) is 39.5 Å². The second-order valence-electron chi connectivity index (χ2n) is 9.49. The normalized spacial score (nSPS) is 12.1. The van der Waals surface area contributed by atoms with E-state index in [4.69, 9.17) is 9.98 Å². The van der Waals surface area contributed by atoms with Crippen LogP contribution in [0.25, 0.3) is 22.0 Å². The summed E-state index contributed by atoms with van der Waals surface area (Å²) < 4.78 is 0. The smallest absolute Gasteiger partial charge is 0.143 e. The molecule has 3 heteroatoms. The molecular formula is C32H30N2S. The van der Waals surface area contributed by atoms with Crippen LogP contribution in [-0.4, -0.2) is 10.7 Å². The maximum atomic E-state index is 5.38. The summed E-state index contributed by atoms with van der Waals surface area (Å²) in [6, 6.07) is 31.9. The SMILES string of the molecule is CC(C)c1cccc(C(C)C)c1/N=C(\c1ccccc1)c1nc(-c2cccc3ccccc23)cs1. The highest BCUT2D eigenvalue weighted by molar-refractivity contribution is 7.12. The zero-order valence-corrected chi connectivity index (χ0v) is 21.5. The number of fused-ring (bicyclic) bond motifs is 1. The Balaban J connectivity index is 1.70. The first-order valence-electron chi connectivity index (χ1n) is 12.2. The molecule has 0 aliphatic rings. The number of aliphatic imine (C=N–C) groups is 1. The molecule has 0 saturated heterocycles. The summed E-state index contributed by atoms with van der Waals surface area (Å²) in [6.45, 7) is 8.96. The second-order valence-corrected chi connectivity index (χ2v) is 10.3. The van der Waals surface area contributed by atoms with Gasteiger partial charge >= 0.3 is 0 Å². The van der Waals surface area contributed by atoms with Gasteiger partial charge in [-0.15, -0.1) is 11.3 Å². The van der Waals surface area contributed by atoms with Crippen molar-refractivity contribution in [3.8, 4) is 11.3 Å². The number of rotatable bonds is 6. The van der Waals surface area contributed by atoms with Crippen LogP contribution in [-0.2, 0) is 0 Å². The maximum Gasteiger partial charge on any atom is 0.143 e. The van der Waals surface area contributed by atoms with E-state index in [1.807, 2.05) is 6.07 Å². The molecule has 0 unspecified atom stereocenters. The van der Waals surface area contributed by atoms with Crippen LogP contribution in [0, 0.1) is 0 Å². The van der Waals surface area contributed by atoms with Crippen LogP contribution in [0.4, 0.5) is 5.69 Å². The third-order valence-electron chi connectivity index (χ3n) is 6.39. The third kappa shape index (κ3) is 4.69. The monoisotopic (exact) mass is 474 g/mol. The zero-order chi connectivity index (χ0) is 24.4. The van der Waals surface area contributed by atoms with E-state index in [-0.39, 0.29) is 0 Å². The third-order valence-corrected chi connectivity index (χ3v) is 7.23. The molecule has 0 N–H and O–H groups in total. The van der Waals surface area contributed by atoms with Crippen molar-refractivity contribution >= 4 is 33.5 Å².